The Morgan fingerprint density at radius 1 is 1.12 bits per heavy atom. The molecule has 0 fully saturated rings. The van der Waals surface area contributed by atoms with Crippen molar-refractivity contribution in [2.45, 2.75) is 19.3 Å². The van der Waals surface area contributed by atoms with E-state index in [1.165, 1.54) is 0 Å². The van der Waals surface area contributed by atoms with Crippen molar-refractivity contribution < 1.29 is 23.7 Å². The number of ether oxygens (including phenoxy) is 4. The molecule has 136 valence electrons. The van der Waals surface area contributed by atoms with Gasteiger partial charge in [0.1, 0.15) is 19.0 Å². The number of esters is 1. The van der Waals surface area contributed by atoms with Crippen molar-refractivity contribution in [2.75, 3.05) is 20.3 Å². The molecule has 2 aromatic rings. The molecule has 0 spiro atoms. The Bertz CT molecular complexity index is 944. The molecule has 0 N–H and O–H groups in total. The molecule has 1 aromatic heterocycles. The minimum absolute atomic E-state index is 0.0775. The number of pyridine rings is 1. The zero-order valence-electron chi connectivity index (χ0n) is 14.8. The number of fused-ring (bicyclic) bond motifs is 2. The molecule has 0 bridgehead atoms. The van der Waals surface area contributed by atoms with Gasteiger partial charge in [0.2, 0.25) is 5.75 Å². The Morgan fingerprint density at radius 3 is 2.65 bits per heavy atom. The number of aromatic nitrogens is 1. The van der Waals surface area contributed by atoms with Gasteiger partial charge >= 0.3 is 5.97 Å². The molecule has 2 aliphatic rings. The van der Waals surface area contributed by atoms with E-state index in [1.54, 1.807) is 37.8 Å². The zero-order valence-corrected chi connectivity index (χ0v) is 14.8. The van der Waals surface area contributed by atoms with Gasteiger partial charge in [-0.1, -0.05) is 0 Å². The molecule has 0 radical (unpaired) electrons. The van der Waals surface area contributed by atoms with Crippen LogP contribution in [0.4, 0.5) is 0 Å². The SMILES string of the molecule is COc1cc([C@@H]2CC(=O)Oc3cc(C)n(C)c(=O)c32)cc2c1OCCO2. The first kappa shape index (κ1) is 16.5. The second-order valence-electron chi connectivity index (χ2n) is 6.41. The summed E-state index contributed by atoms with van der Waals surface area (Å²) in [7, 11) is 3.25. The van der Waals surface area contributed by atoms with E-state index < -0.39 is 5.92 Å². The highest BCUT2D eigenvalue weighted by atomic mass is 16.6. The van der Waals surface area contributed by atoms with Gasteiger partial charge in [-0.05, 0) is 24.6 Å². The fourth-order valence-corrected chi connectivity index (χ4v) is 3.43. The molecule has 4 rings (SSSR count). The highest BCUT2D eigenvalue weighted by molar-refractivity contribution is 5.78. The standard InChI is InChI=1S/C19H19NO6/c1-10-6-13-17(19(22)20(10)2)12(9-16(21)26-13)11-7-14(23-3)18-15(8-11)24-4-5-25-18/h6-8,12H,4-5,9H2,1-3H3/t12-/m0/s1. The van der Waals surface area contributed by atoms with Crippen LogP contribution in [0.1, 0.15) is 29.2 Å². The lowest BCUT2D eigenvalue weighted by molar-refractivity contribution is -0.135. The predicted molar refractivity (Wildman–Crippen MR) is 92.5 cm³/mol. The van der Waals surface area contributed by atoms with Gasteiger partial charge < -0.3 is 23.5 Å². The van der Waals surface area contributed by atoms with Crippen LogP contribution in [0.2, 0.25) is 0 Å². The van der Waals surface area contributed by atoms with E-state index >= 15 is 0 Å². The van der Waals surface area contributed by atoms with Crippen LogP contribution in [0.5, 0.6) is 23.0 Å². The van der Waals surface area contributed by atoms with Crippen molar-refractivity contribution in [3.8, 4) is 23.0 Å². The summed E-state index contributed by atoms with van der Waals surface area (Å²) >= 11 is 0. The molecule has 2 aliphatic heterocycles. The Kier molecular flexibility index (Phi) is 3.86. The third-order valence-electron chi connectivity index (χ3n) is 4.87. The van der Waals surface area contributed by atoms with Crippen LogP contribution in [-0.4, -0.2) is 30.9 Å². The van der Waals surface area contributed by atoms with Gasteiger partial charge in [-0.15, -0.1) is 0 Å². The molecule has 1 aromatic carbocycles. The van der Waals surface area contributed by atoms with Crippen LogP contribution in [0.25, 0.3) is 0 Å². The van der Waals surface area contributed by atoms with E-state index in [0.29, 0.717) is 41.8 Å². The lowest BCUT2D eigenvalue weighted by Gasteiger charge is -2.27. The van der Waals surface area contributed by atoms with Gasteiger partial charge in [0.15, 0.2) is 11.5 Å². The van der Waals surface area contributed by atoms with Gasteiger partial charge in [-0.25, -0.2) is 0 Å². The Morgan fingerprint density at radius 2 is 1.88 bits per heavy atom. The lowest BCUT2D eigenvalue weighted by Crippen LogP contribution is -2.32. The number of aryl methyl sites for hydroxylation is 1. The smallest absolute Gasteiger partial charge is 0.312 e. The molecule has 7 nitrogen and oxygen atoms in total. The molecule has 0 unspecified atom stereocenters. The number of carbonyl (C=O) groups is 1. The largest absolute Gasteiger partial charge is 0.493 e. The third-order valence-corrected chi connectivity index (χ3v) is 4.87. The number of hydrogen-bond acceptors (Lipinski definition) is 6. The van der Waals surface area contributed by atoms with Gasteiger partial charge in [-0.3, -0.25) is 9.59 Å². The number of hydrogen-bond donors (Lipinski definition) is 0. The van der Waals surface area contributed by atoms with Gasteiger partial charge in [0, 0.05) is 24.7 Å². The first-order valence-electron chi connectivity index (χ1n) is 8.38. The summed E-state index contributed by atoms with van der Waals surface area (Å²) in [5, 5.41) is 0. The van der Waals surface area contributed by atoms with Crippen LogP contribution >= 0.6 is 0 Å². The van der Waals surface area contributed by atoms with Gasteiger partial charge in [-0.2, -0.15) is 0 Å². The topological polar surface area (TPSA) is 76.0 Å². The van der Waals surface area contributed by atoms with Gasteiger partial charge in [0.25, 0.3) is 5.56 Å². The van der Waals surface area contributed by atoms with Crippen molar-refractivity contribution in [3.63, 3.8) is 0 Å². The fourth-order valence-electron chi connectivity index (χ4n) is 3.43. The van der Waals surface area contributed by atoms with E-state index in [4.69, 9.17) is 18.9 Å². The quantitative estimate of drug-likeness (QED) is 0.765. The monoisotopic (exact) mass is 357 g/mol. The third kappa shape index (κ3) is 2.51. The molecule has 0 amide bonds. The second-order valence-corrected chi connectivity index (χ2v) is 6.41. The van der Waals surface area contributed by atoms with Crippen molar-refractivity contribution in [2.24, 2.45) is 7.05 Å². The van der Waals surface area contributed by atoms with Gasteiger partial charge in [0.05, 0.1) is 19.1 Å². The zero-order chi connectivity index (χ0) is 18.4. The maximum absolute atomic E-state index is 12.9. The maximum Gasteiger partial charge on any atom is 0.312 e. The van der Waals surface area contributed by atoms with Crippen LogP contribution < -0.4 is 24.5 Å². The maximum atomic E-state index is 12.9. The summed E-state index contributed by atoms with van der Waals surface area (Å²) in [4.78, 5) is 25.0. The molecule has 26 heavy (non-hydrogen) atoms. The molecule has 0 aliphatic carbocycles. The van der Waals surface area contributed by atoms with Crippen LogP contribution in [-0.2, 0) is 11.8 Å². The van der Waals surface area contributed by atoms with Crippen LogP contribution in [0.3, 0.4) is 0 Å². The van der Waals surface area contributed by atoms with Crippen molar-refractivity contribution >= 4 is 5.97 Å². The molecular weight excluding hydrogens is 338 g/mol. The van der Waals surface area contributed by atoms with E-state index in [2.05, 4.69) is 0 Å². The molecule has 1 atom stereocenters. The van der Waals surface area contributed by atoms with E-state index in [9.17, 15) is 9.59 Å². The van der Waals surface area contributed by atoms with Crippen molar-refractivity contribution in [1.82, 2.24) is 4.57 Å². The number of rotatable bonds is 2. The number of carbonyl (C=O) groups excluding carboxylic acids is 1. The van der Waals surface area contributed by atoms with E-state index in [1.807, 2.05) is 6.07 Å². The van der Waals surface area contributed by atoms with Crippen molar-refractivity contribution in [1.29, 1.82) is 0 Å². The highest BCUT2D eigenvalue weighted by Gasteiger charge is 2.33. The van der Waals surface area contributed by atoms with E-state index in [-0.39, 0.29) is 17.9 Å². The van der Waals surface area contributed by atoms with Crippen molar-refractivity contribution in [3.05, 3.63) is 45.4 Å². The average Bonchev–Trinajstić information content (AvgIpc) is 2.64. The molecule has 0 saturated carbocycles. The Balaban J connectivity index is 1.91. The molecule has 7 heteroatoms. The van der Waals surface area contributed by atoms with Crippen LogP contribution in [0.15, 0.2) is 23.0 Å². The second kappa shape index (κ2) is 6.09. The summed E-state index contributed by atoms with van der Waals surface area (Å²) in [6.07, 6.45) is 0.0775. The van der Waals surface area contributed by atoms with E-state index in [0.717, 1.165) is 11.3 Å². The summed E-state index contributed by atoms with van der Waals surface area (Å²) in [6.45, 7) is 2.68. The Hall–Kier alpha value is -2.96. The summed E-state index contributed by atoms with van der Waals surface area (Å²) < 4.78 is 23.6. The minimum atomic E-state index is -0.435. The highest BCUT2D eigenvalue weighted by Crippen LogP contribution is 2.45. The predicted octanol–water partition coefficient (Wildman–Crippen LogP) is 1.91. The number of nitrogens with zero attached hydrogens (tertiary/aromatic N) is 1. The van der Waals surface area contributed by atoms with Crippen LogP contribution in [0, 0.1) is 6.92 Å². The summed E-state index contributed by atoms with van der Waals surface area (Å²) in [6, 6.07) is 5.32. The minimum Gasteiger partial charge on any atom is -0.493 e. The fraction of sp³-hybridized carbons (Fsp3) is 0.368. The molecule has 3 heterocycles. The normalized spacial score (nSPS) is 18.1. The molecular formula is C19H19NO6. The Labute approximate surface area is 150 Å². The average molecular weight is 357 g/mol. The molecule has 0 saturated heterocycles. The number of methoxy groups -OCH3 is 1. The number of benzene rings is 1. The summed E-state index contributed by atoms with van der Waals surface area (Å²) in [5.41, 5.74) is 1.77. The summed E-state index contributed by atoms with van der Waals surface area (Å²) in [5.74, 6) is 1.12. The first-order chi connectivity index (χ1) is 12.5. The first-order valence-corrected chi connectivity index (χ1v) is 8.38. The lowest BCUT2D eigenvalue weighted by atomic mass is 9.86.